The lowest BCUT2D eigenvalue weighted by Crippen LogP contribution is -2.54. The Hall–Kier alpha value is 3.28. The van der Waals surface area contributed by atoms with Crippen molar-refractivity contribution in [3.63, 3.8) is 0 Å². The molecule has 0 saturated carbocycles. The van der Waals surface area contributed by atoms with Gasteiger partial charge in [0.15, 0.2) is 37.7 Å². The van der Waals surface area contributed by atoms with E-state index in [-0.39, 0.29) is 74.4 Å². The average molecular weight is 1100 g/mol. The third kappa shape index (κ3) is 18.9. The lowest BCUT2D eigenvalue weighted by Gasteiger charge is -2.41. The monoisotopic (exact) mass is 1100 g/mol. The van der Waals surface area contributed by atoms with Gasteiger partial charge in [0.1, 0.15) is 36.6 Å². The van der Waals surface area contributed by atoms with Crippen LogP contribution in [-0.4, -0.2) is 217 Å². The van der Waals surface area contributed by atoms with E-state index >= 15 is 0 Å². The highest BCUT2D eigenvalue weighted by atomic mass is 79.9. The van der Waals surface area contributed by atoms with Gasteiger partial charge >= 0.3 is 0 Å². The minimum absolute atomic E-state index is 0.0301. The van der Waals surface area contributed by atoms with Crippen LogP contribution in [0.1, 0.15) is 0 Å². The van der Waals surface area contributed by atoms with Crippen molar-refractivity contribution in [3.05, 3.63) is 0 Å². The van der Waals surface area contributed by atoms with Crippen LogP contribution in [0.25, 0.3) is 0 Å². The Labute approximate surface area is 396 Å². The van der Waals surface area contributed by atoms with Crippen molar-refractivity contribution < 1.29 is 56.8 Å². The summed E-state index contributed by atoms with van der Waals surface area (Å²) in [5, 5.41) is 1.33. The predicted molar refractivity (Wildman–Crippen MR) is 254 cm³/mol. The Bertz CT molecular complexity index is 1020. The molecule has 0 unspecified atom stereocenters. The first-order valence-corrected chi connectivity index (χ1v) is 31.5. The second-order valence-electron chi connectivity index (χ2n) is 13.7. The van der Waals surface area contributed by atoms with E-state index < -0.39 is 0 Å². The smallest absolute Gasteiger partial charge is 0.167 e. The number of rotatable bonds is 28. The molecule has 0 aromatic carbocycles. The minimum atomic E-state index is -0.209. The Morgan fingerprint density at radius 3 is 0.690 bits per heavy atom. The molecule has 6 aliphatic rings. The summed E-state index contributed by atoms with van der Waals surface area (Å²) in [5.41, 5.74) is 0. The standard InChI is InChI=1S/C36H60Br2O12S8/c37-13-31-39-15-27-25(45-31)17-41-33(47-27)21-55-9-5-51-1-3-53-7-11-57-23-35-43-19-30-29(49-35)20-44-36(50-30)24-58-12-8-54-4-2-52-6-10-56-22-34-42-18-26-28(48-34)16-40-32(14-38)46-26/h25-36H,1-24H2/t25-,26-,27-,28-,29-,30-,31+,32+,33+,34+,35+,36+/m0/s1. The highest BCUT2D eigenvalue weighted by Crippen LogP contribution is 2.29. The number of hydrogen-bond donors (Lipinski definition) is 0. The number of alkyl halides is 2. The van der Waals surface area contributed by atoms with Gasteiger partial charge in [0.2, 0.25) is 0 Å². The maximum atomic E-state index is 6.20. The number of thioether (sulfide) groups is 8. The zero-order chi connectivity index (χ0) is 40.0. The van der Waals surface area contributed by atoms with E-state index in [1.54, 1.807) is 0 Å². The van der Waals surface area contributed by atoms with Gasteiger partial charge < -0.3 is 56.8 Å². The van der Waals surface area contributed by atoms with Gasteiger partial charge in [-0.25, -0.2) is 0 Å². The van der Waals surface area contributed by atoms with E-state index in [0.717, 1.165) is 69.0 Å². The van der Waals surface area contributed by atoms with E-state index in [2.05, 4.69) is 31.9 Å². The first-order chi connectivity index (χ1) is 28.7. The first kappa shape index (κ1) is 50.7. The topological polar surface area (TPSA) is 111 Å². The largest absolute Gasteiger partial charge is 0.349 e. The summed E-state index contributed by atoms with van der Waals surface area (Å²) >= 11 is 22.5. The van der Waals surface area contributed by atoms with Gasteiger partial charge in [-0.05, 0) is 0 Å². The molecule has 338 valence electrons. The van der Waals surface area contributed by atoms with Gasteiger partial charge in [-0.3, -0.25) is 0 Å². The molecule has 0 radical (unpaired) electrons. The summed E-state index contributed by atoms with van der Waals surface area (Å²) in [6.07, 6.45) is -1.35. The van der Waals surface area contributed by atoms with Crippen LogP contribution < -0.4 is 0 Å². The van der Waals surface area contributed by atoms with Crippen LogP contribution >= 0.6 is 126 Å². The highest BCUT2D eigenvalue weighted by molar-refractivity contribution is 9.09. The van der Waals surface area contributed by atoms with E-state index in [9.17, 15) is 0 Å². The van der Waals surface area contributed by atoms with Crippen LogP contribution in [0.15, 0.2) is 0 Å². The molecule has 0 bridgehead atoms. The zero-order valence-corrected chi connectivity index (χ0v) is 42.5. The summed E-state index contributed by atoms with van der Waals surface area (Å²) in [6, 6.07) is 0. The molecule has 0 spiro atoms. The average Bonchev–Trinajstić information content (AvgIpc) is 3.26. The van der Waals surface area contributed by atoms with Crippen LogP contribution in [0.4, 0.5) is 0 Å². The molecule has 0 aromatic heterocycles. The van der Waals surface area contributed by atoms with Crippen LogP contribution in [0.5, 0.6) is 0 Å². The maximum absolute atomic E-state index is 6.20. The van der Waals surface area contributed by atoms with Crippen molar-refractivity contribution in [1.29, 1.82) is 0 Å². The van der Waals surface area contributed by atoms with Gasteiger partial charge in [0.25, 0.3) is 0 Å². The minimum Gasteiger partial charge on any atom is -0.349 e. The summed E-state index contributed by atoms with van der Waals surface area (Å²) in [5.74, 6) is 17.1. The third-order valence-corrected chi connectivity index (χ3v) is 19.9. The van der Waals surface area contributed by atoms with E-state index in [1.165, 1.54) is 23.0 Å². The summed E-state index contributed by atoms with van der Waals surface area (Å²) in [6.45, 7) is 3.43. The Morgan fingerprint density at radius 2 is 0.466 bits per heavy atom. The summed E-state index contributed by atoms with van der Waals surface area (Å²) in [4.78, 5) is 0. The van der Waals surface area contributed by atoms with Gasteiger partial charge in [0, 0.05) is 92.0 Å². The second kappa shape index (κ2) is 30.5. The maximum Gasteiger partial charge on any atom is 0.167 e. The van der Waals surface area contributed by atoms with Crippen LogP contribution in [0.3, 0.4) is 0 Å². The fourth-order valence-electron chi connectivity index (χ4n) is 6.37. The first-order valence-electron chi connectivity index (χ1n) is 20.0. The van der Waals surface area contributed by atoms with Gasteiger partial charge in [-0.15, -0.1) is 0 Å². The normalized spacial score (nSPS) is 35.3. The van der Waals surface area contributed by atoms with E-state index in [1.807, 2.05) is 94.1 Å². The fourth-order valence-corrected chi connectivity index (χ4v) is 15.7. The third-order valence-electron chi connectivity index (χ3n) is 9.38. The van der Waals surface area contributed by atoms with Gasteiger partial charge in [-0.2, -0.15) is 94.1 Å². The van der Waals surface area contributed by atoms with Crippen molar-refractivity contribution >= 4 is 126 Å². The van der Waals surface area contributed by atoms with Gasteiger partial charge in [0.05, 0.1) is 50.3 Å². The molecule has 12 atom stereocenters. The van der Waals surface area contributed by atoms with Crippen molar-refractivity contribution in [2.45, 2.75) is 74.4 Å². The molecule has 22 heteroatoms. The molecule has 6 saturated heterocycles. The lowest BCUT2D eigenvalue weighted by atomic mass is 10.2. The molecule has 12 nitrogen and oxygen atoms in total. The Balaban J connectivity index is 0.651. The van der Waals surface area contributed by atoms with Crippen LogP contribution in [0, 0.1) is 0 Å². The predicted octanol–water partition coefficient (Wildman–Crippen LogP) is 6.09. The number of fused-ring (bicyclic) bond motifs is 3. The van der Waals surface area contributed by atoms with Crippen molar-refractivity contribution in [2.75, 3.05) is 142 Å². The molecular weight excluding hydrogens is 1040 g/mol. The van der Waals surface area contributed by atoms with Crippen molar-refractivity contribution in [1.82, 2.24) is 0 Å². The SMILES string of the molecule is BrC[C@@H]1OC[C@@H]2O[C@H](CSCCSCCSCCSC[C@@H]3OC[C@@H]4O[C@H](CSCCSCCSCCSC[C@@H]5OC[C@@H]6O[C@H](CBr)OC[C@@H]6O5)OC[C@@H]4O3)OC[C@@H]2O1. The molecule has 0 aromatic rings. The number of halogens is 2. The molecular formula is C36H60Br2O12S8. The molecule has 0 amide bonds. The molecule has 0 aliphatic carbocycles. The Kier molecular flexibility index (Phi) is 26.7. The second-order valence-corrected chi connectivity index (χ2v) is 24.5. The number of ether oxygens (including phenoxy) is 12. The molecule has 6 aliphatic heterocycles. The summed E-state index contributed by atoms with van der Waals surface area (Å²) < 4.78 is 71.2. The van der Waals surface area contributed by atoms with E-state index in [0.29, 0.717) is 50.3 Å². The lowest BCUT2D eigenvalue weighted by molar-refractivity contribution is -0.326. The van der Waals surface area contributed by atoms with Crippen LogP contribution in [-0.2, 0) is 56.8 Å². The highest BCUT2D eigenvalue weighted by Gasteiger charge is 2.40. The molecule has 58 heavy (non-hydrogen) atoms. The molecule has 0 N–H and O–H groups in total. The quantitative estimate of drug-likeness (QED) is 0.0666. The van der Waals surface area contributed by atoms with Crippen LogP contribution in [0.2, 0.25) is 0 Å². The van der Waals surface area contributed by atoms with E-state index in [4.69, 9.17) is 56.8 Å². The molecule has 6 heterocycles. The number of hydrogen-bond acceptors (Lipinski definition) is 20. The molecule has 6 fully saturated rings. The fraction of sp³-hybridized carbons (Fsp3) is 1.00. The van der Waals surface area contributed by atoms with Crippen molar-refractivity contribution in [3.8, 4) is 0 Å². The summed E-state index contributed by atoms with van der Waals surface area (Å²) in [7, 11) is 0. The zero-order valence-electron chi connectivity index (χ0n) is 32.8. The van der Waals surface area contributed by atoms with Gasteiger partial charge in [-0.1, -0.05) is 31.9 Å². The van der Waals surface area contributed by atoms with Crippen molar-refractivity contribution in [2.24, 2.45) is 0 Å². The molecule has 6 rings (SSSR count). The Morgan fingerprint density at radius 1 is 0.276 bits per heavy atom.